The minimum Gasteiger partial charge on any atom is -0.350 e. The number of nitrogens with zero attached hydrogens (tertiary/aromatic N) is 2. The third-order valence-corrected chi connectivity index (χ3v) is 4.12. The first-order chi connectivity index (χ1) is 11.6. The highest BCUT2D eigenvalue weighted by Gasteiger charge is 2.04. The van der Waals surface area contributed by atoms with Gasteiger partial charge in [0.15, 0.2) is 0 Å². The molecule has 24 heavy (non-hydrogen) atoms. The van der Waals surface area contributed by atoms with Crippen LogP contribution in [0.4, 0.5) is 17.5 Å². The van der Waals surface area contributed by atoms with Crippen LogP contribution in [0.1, 0.15) is 11.1 Å². The maximum absolute atomic E-state index is 6.16. The second-order valence-corrected chi connectivity index (χ2v) is 6.14. The molecule has 0 unspecified atom stereocenters. The normalized spacial score (nSPS) is 10.5. The average Bonchev–Trinajstić information content (AvgIpc) is 2.58. The average molecular weight is 359 g/mol. The maximum atomic E-state index is 6.16. The monoisotopic (exact) mass is 358 g/mol. The molecule has 6 heteroatoms. The summed E-state index contributed by atoms with van der Waals surface area (Å²) in [6, 6.07) is 15.2. The largest absolute Gasteiger partial charge is 0.350 e. The van der Waals surface area contributed by atoms with Gasteiger partial charge in [-0.05, 0) is 42.3 Å². The Bertz CT molecular complexity index is 852. The van der Waals surface area contributed by atoms with Crippen molar-refractivity contribution in [2.24, 2.45) is 0 Å². The number of aromatic nitrogens is 2. The third kappa shape index (κ3) is 4.16. The molecule has 0 amide bonds. The summed E-state index contributed by atoms with van der Waals surface area (Å²) in [5.41, 5.74) is 2.99. The Kier molecular flexibility index (Phi) is 5.18. The molecule has 122 valence electrons. The van der Waals surface area contributed by atoms with Crippen molar-refractivity contribution in [1.29, 1.82) is 0 Å². The van der Waals surface area contributed by atoms with Gasteiger partial charge in [0.25, 0.3) is 0 Å². The Hall–Kier alpha value is -2.30. The van der Waals surface area contributed by atoms with E-state index in [2.05, 4.69) is 20.6 Å². The lowest BCUT2D eigenvalue weighted by atomic mass is 10.2. The van der Waals surface area contributed by atoms with E-state index >= 15 is 0 Å². The molecular weight excluding hydrogens is 343 g/mol. The Morgan fingerprint density at radius 2 is 1.88 bits per heavy atom. The minimum absolute atomic E-state index is 0.527. The van der Waals surface area contributed by atoms with Crippen molar-refractivity contribution in [2.45, 2.75) is 13.5 Å². The topological polar surface area (TPSA) is 49.8 Å². The maximum Gasteiger partial charge on any atom is 0.224 e. The number of anilines is 3. The molecule has 3 aromatic rings. The molecule has 3 rings (SSSR count). The van der Waals surface area contributed by atoms with Gasteiger partial charge in [0, 0.05) is 28.5 Å². The van der Waals surface area contributed by atoms with Crippen molar-refractivity contribution in [3.05, 3.63) is 75.9 Å². The van der Waals surface area contributed by atoms with Gasteiger partial charge in [-0.25, -0.2) is 4.98 Å². The van der Waals surface area contributed by atoms with Crippen LogP contribution in [-0.2, 0) is 6.54 Å². The number of nitrogens with one attached hydrogen (secondary N) is 2. The number of rotatable bonds is 5. The predicted molar refractivity (Wildman–Crippen MR) is 100 cm³/mol. The predicted octanol–water partition coefficient (Wildman–Crippen LogP) is 5.45. The first-order valence-electron chi connectivity index (χ1n) is 7.45. The zero-order valence-corrected chi connectivity index (χ0v) is 14.6. The fourth-order valence-corrected chi connectivity index (χ4v) is 2.57. The van der Waals surface area contributed by atoms with Crippen molar-refractivity contribution in [2.75, 3.05) is 10.6 Å². The van der Waals surface area contributed by atoms with E-state index in [0.717, 1.165) is 16.8 Å². The zero-order valence-electron chi connectivity index (χ0n) is 13.1. The Morgan fingerprint density at radius 3 is 2.71 bits per heavy atom. The first kappa shape index (κ1) is 16.6. The van der Waals surface area contributed by atoms with Crippen LogP contribution in [0, 0.1) is 6.92 Å². The molecule has 2 aromatic carbocycles. The molecule has 0 saturated carbocycles. The zero-order chi connectivity index (χ0) is 16.9. The SMILES string of the molecule is Cc1ccc(Cl)cc1Nc1ccnc(NCc2ccccc2Cl)n1. The van der Waals surface area contributed by atoms with E-state index in [1.807, 2.05) is 49.4 Å². The van der Waals surface area contributed by atoms with Crippen molar-refractivity contribution in [1.82, 2.24) is 9.97 Å². The molecule has 0 bridgehead atoms. The summed E-state index contributed by atoms with van der Waals surface area (Å²) in [5.74, 6) is 1.22. The van der Waals surface area contributed by atoms with Crippen molar-refractivity contribution in [3.8, 4) is 0 Å². The first-order valence-corrected chi connectivity index (χ1v) is 8.21. The summed E-state index contributed by atoms with van der Waals surface area (Å²) in [5, 5.41) is 7.83. The lowest BCUT2D eigenvalue weighted by Crippen LogP contribution is -2.05. The highest BCUT2D eigenvalue weighted by Crippen LogP contribution is 2.23. The second kappa shape index (κ2) is 7.51. The van der Waals surface area contributed by atoms with Crippen molar-refractivity contribution in [3.63, 3.8) is 0 Å². The Morgan fingerprint density at radius 1 is 1.04 bits per heavy atom. The molecule has 0 radical (unpaired) electrons. The van der Waals surface area contributed by atoms with Gasteiger partial charge in [0.2, 0.25) is 5.95 Å². The fraction of sp³-hybridized carbons (Fsp3) is 0.111. The fourth-order valence-electron chi connectivity index (χ4n) is 2.20. The van der Waals surface area contributed by atoms with Gasteiger partial charge in [0.05, 0.1) is 0 Å². The van der Waals surface area contributed by atoms with Gasteiger partial charge < -0.3 is 10.6 Å². The molecular formula is C18H16Cl2N4. The molecule has 1 aromatic heterocycles. The van der Waals surface area contributed by atoms with E-state index in [0.29, 0.717) is 28.4 Å². The Labute approximate surface area is 150 Å². The van der Waals surface area contributed by atoms with E-state index in [9.17, 15) is 0 Å². The van der Waals surface area contributed by atoms with E-state index < -0.39 is 0 Å². The van der Waals surface area contributed by atoms with Gasteiger partial charge in [-0.3, -0.25) is 0 Å². The van der Waals surface area contributed by atoms with Crippen LogP contribution in [0.15, 0.2) is 54.7 Å². The van der Waals surface area contributed by atoms with Gasteiger partial charge in [-0.15, -0.1) is 0 Å². The number of benzene rings is 2. The molecule has 1 heterocycles. The summed E-state index contributed by atoms with van der Waals surface area (Å²) in [6.45, 7) is 2.57. The quantitative estimate of drug-likeness (QED) is 0.636. The molecule has 0 aliphatic carbocycles. The molecule has 4 nitrogen and oxygen atoms in total. The van der Waals surface area contributed by atoms with Crippen LogP contribution in [0.3, 0.4) is 0 Å². The molecule has 0 saturated heterocycles. The standard InChI is InChI=1S/C18H16Cl2N4/c1-12-6-7-14(19)10-16(12)23-17-8-9-21-18(24-17)22-11-13-4-2-3-5-15(13)20/h2-10H,11H2,1H3,(H2,21,22,23,24). The molecule has 0 atom stereocenters. The summed E-state index contributed by atoms with van der Waals surface area (Å²) in [6.07, 6.45) is 1.70. The van der Waals surface area contributed by atoms with Gasteiger partial charge >= 0.3 is 0 Å². The number of aryl methyl sites for hydroxylation is 1. The number of halogens is 2. The lowest BCUT2D eigenvalue weighted by Gasteiger charge is -2.11. The number of hydrogen-bond acceptors (Lipinski definition) is 4. The molecule has 0 aliphatic heterocycles. The molecule has 0 fully saturated rings. The van der Waals surface area contributed by atoms with E-state index in [1.165, 1.54) is 0 Å². The van der Waals surface area contributed by atoms with Gasteiger partial charge in [-0.1, -0.05) is 47.5 Å². The van der Waals surface area contributed by atoms with Crippen LogP contribution in [-0.4, -0.2) is 9.97 Å². The molecule has 2 N–H and O–H groups in total. The second-order valence-electron chi connectivity index (χ2n) is 5.29. The Balaban J connectivity index is 1.72. The van der Waals surface area contributed by atoms with Gasteiger partial charge in [0.1, 0.15) is 5.82 Å². The van der Waals surface area contributed by atoms with Crippen molar-refractivity contribution >= 4 is 40.7 Å². The highest BCUT2D eigenvalue weighted by molar-refractivity contribution is 6.31. The van der Waals surface area contributed by atoms with Crippen LogP contribution in [0.25, 0.3) is 0 Å². The summed E-state index contributed by atoms with van der Waals surface area (Å²) < 4.78 is 0. The van der Waals surface area contributed by atoms with Crippen LogP contribution >= 0.6 is 23.2 Å². The molecule has 0 aliphatic rings. The highest BCUT2D eigenvalue weighted by atomic mass is 35.5. The summed E-state index contributed by atoms with van der Waals surface area (Å²) >= 11 is 12.2. The minimum atomic E-state index is 0.527. The smallest absolute Gasteiger partial charge is 0.224 e. The molecule has 0 spiro atoms. The lowest BCUT2D eigenvalue weighted by molar-refractivity contribution is 1.06. The van der Waals surface area contributed by atoms with Crippen LogP contribution in [0.5, 0.6) is 0 Å². The third-order valence-electron chi connectivity index (χ3n) is 3.51. The van der Waals surface area contributed by atoms with Gasteiger partial charge in [-0.2, -0.15) is 4.98 Å². The summed E-state index contributed by atoms with van der Waals surface area (Å²) in [7, 11) is 0. The van der Waals surface area contributed by atoms with Crippen molar-refractivity contribution < 1.29 is 0 Å². The van der Waals surface area contributed by atoms with E-state index in [4.69, 9.17) is 23.2 Å². The van der Waals surface area contributed by atoms with Crippen LogP contribution < -0.4 is 10.6 Å². The van der Waals surface area contributed by atoms with Crippen LogP contribution in [0.2, 0.25) is 10.0 Å². The number of hydrogen-bond donors (Lipinski definition) is 2. The summed E-state index contributed by atoms with van der Waals surface area (Å²) in [4.78, 5) is 8.70. The van der Waals surface area contributed by atoms with E-state index in [1.54, 1.807) is 12.3 Å². The van der Waals surface area contributed by atoms with E-state index in [-0.39, 0.29) is 0 Å².